The van der Waals surface area contributed by atoms with E-state index in [9.17, 15) is 0 Å². The Kier molecular flexibility index (Phi) is 7.31. The van der Waals surface area contributed by atoms with E-state index in [1.807, 2.05) is 0 Å². The Morgan fingerprint density at radius 3 is 1.75 bits per heavy atom. The molecule has 0 radical (unpaired) electrons. The molecule has 0 nitrogen and oxygen atoms in total. The molecule has 0 rings (SSSR count). The van der Waals surface area contributed by atoms with Crippen LogP contribution < -0.4 is 0 Å². The van der Waals surface area contributed by atoms with Crippen molar-refractivity contribution in [3.8, 4) is 0 Å². The molecule has 0 unspecified atom stereocenters. The predicted molar refractivity (Wildman–Crippen MR) is 61.5 cm³/mol. The first kappa shape index (κ1) is 12.5. The first-order chi connectivity index (χ1) is 5.56. The third kappa shape index (κ3) is 10.5. The molecule has 0 N–H and O–H groups in total. The van der Waals surface area contributed by atoms with Gasteiger partial charge in [0.2, 0.25) is 0 Å². The van der Waals surface area contributed by atoms with Crippen molar-refractivity contribution in [2.24, 2.45) is 0 Å². The van der Waals surface area contributed by atoms with Crippen molar-refractivity contribution < 1.29 is 0 Å². The van der Waals surface area contributed by atoms with Gasteiger partial charge in [0.05, 0.1) is 0 Å². The van der Waals surface area contributed by atoms with Crippen LogP contribution in [0.25, 0.3) is 0 Å². The van der Waals surface area contributed by atoms with Crippen LogP contribution in [0.2, 0.25) is 22.5 Å². The fourth-order valence-electron chi connectivity index (χ4n) is 1.44. The molecule has 0 aromatic heterocycles. The number of hydrogen-bond donors (Lipinski definition) is 0. The average molecular weight is 231 g/mol. The SMILES string of the molecule is CCCCCCC[CH2][Ge]([CH3])([CH3])[CH3]. The zero-order valence-electron chi connectivity index (χ0n) is 9.45. The maximum atomic E-state index is 2.52. The molecule has 1 heteroatoms. The third-order valence-electron chi connectivity index (χ3n) is 2.28. The van der Waals surface area contributed by atoms with Crippen molar-refractivity contribution in [3.05, 3.63) is 0 Å². The van der Waals surface area contributed by atoms with Gasteiger partial charge in [-0.1, -0.05) is 0 Å². The first-order valence-electron chi connectivity index (χ1n) is 5.56. The molecule has 0 aromatic carbocycles. The topological polar surface area (TPSA) is 0 Å². The predicted octanol–water partition coefficient (Wildman–Crippen LogP) is 4.69. The Morgan fingerprint density at radius 1 is 0.750 bits per heavy atom. The van der Waals surface area contributed by atoms with Crippen molar-refractivity contribution in [1.82, 2.24) is 0 Å². The minimum atomic E-state index is -1.17. The van der Waals surface area contributed by atoms with E-state index < -0.39 is 13.3 Å². The van der Waals surface area contributed by atoms with Gasteiger partial charge in [0.15, 0.2) is 0 Å². The van der Waals surface area contributed by atoms with Gasteiger partial charge in [-0.05, 0) is 0 Å². The summed E-state index contributed by atoms with van der Waals surface area (Å²) >= 11 is -1.17. The third-order valence-corrected chi connectivity index (χ3v) is 6.17. The summed E-state index contributed by atoms with van der Waals surface area (Å²) in [7, 11) is 0. The molecule has 74 valence electrons. The molecule has 0 bridgehead atoms. The summed E-state index contributed by atoms with van der Waals surface area (Å²) in [5.41, 5.74) is 0. The maximum absolute atomic E-state index is 2.52. The molecule has 0 fully saturated rings. The van der Waals surface area contributed by atoms with E-state index in [0.717, 1.165) is 0 Å². The normalized spacial score (nSPS) is 12.0. The summed E-state index contributed by atoms with van der Waals surface area (Å²) in [6.45, 7) is 2.28. The molecular formula is C11H26Ge. The molecule has 0 aliphatic heterocycles. The van der Waals surface area contributed by atoms with E-state index >= 15 is 0 Å². The minimum absolute atomic E-state index is 1.17. The van der Waals surface area contributed by atoms with Crippen LogP contribution in [0.1, 0.15) is 45.4 Å². The monoisotopic (exact) mass is 232 g/mol. The van der Waals surface area contributed by atoms with Crippen molar-refractivity contribution in [1.29, 1.82) is 0 Å². The molecule has 0 amide bonds. The van der Waals surface area contributed by atoms with E-state index in [4.69, 9.17) is 0 Å². The van der Waals surface area contributed by atoms with Crippen LogP contribution in [-0.2, 0) is 0 Å². The van der Waals surface area contributed by atoms with Crippen LogP contribution in [0.3, 0.4) is 0 Å². The summed E-state index contributed by atoms with van der Waals surface area (Å²) in [5, 5.41) is 1.58. The van der Waals surface area contributed by atoms with Crippen LogP contribution in [-0.4, -0.2) is 13.3 Å². The van der Waals surface area contributed by atoms with Gasteiger partial charge < -0.3 is 0 Å². The van der Waals surface area contributed by atoms with Crippen LogP contribution in [0.5, 0.6) is 0 Å². The van der Waals surface area contributed by atoms with Crippen LogP contribution in [0.15, 0.2) is 0 Å². The van der Waals surface area contributed by atoms with Gasteiger partial charge in [-0.15, -0.1) is 0 Å². The van der Waals surface area contributed by atoms with Crippen molar-refractivity contribution >= 4 is 13.3 Å². The molecule has 12 heavy (non-hydrogen) atoms. The van der Waals surface area contributed by atoms with Gasteiger partial charge in [-0.3, -0.25) is 0 Å². The molecule has 0 aliphatic rings. The van der Waals surface area contributed by atoms with Crippen molar-refractivity contribution in [3.63, 3.8) is 0 Å². The molecule has 0 saturated carbocycles. The Hall–Kier alpha value is 0.543. The van der Waals surface area contributed by atoms with E-state index in [2.05, 4.69) is 24.2 Å². The second kappa shape index (κ2) is 7.00. The molecular weight excluding hydrogens is 205 g/mol. The summed E-state index contributed by atoms with van der Waals surface area (Å²) in [4.78, 5) is 0. The number of unbranched alkanes of at least 4 members (excludes halogenated alkanes) is 5. The van der Waals surface area contributed by atoms with E-state index in [1.54, 1.807) is 5.25 Å². The fourth-order valence-corrected chi connectivity index (χ4v) is 4.19. The summed E-state index contributed by atoms with van der Waals surface area (Å²) < 4.78 is 0. The van der Waals surface area contributed by atoms with Gasteiger partial charge in [-0.25, -0.2) is 0 Å². The zero-order valence-corrected chi connectivity index (χ0v) is 11.5. The average Bonchev–Trinajstić information content (AvgIpc) is 1.94. The van der Waals surface area contributed by atoms with Crippen molar-refractivity contribution in [2.45, 2.75) is 68.0 Å². The molecule has 0 atom stereocenters. The van der Waals surface area contributed by atoms with Crippen molar-refractivity contribution in [2.75, 3.05) is 0 Å². The Labute approximate surface area is 81.5 Å². The van der Waals surface area contributed by atoms with Crippen LogP contribution >= 0.6 is 0 Å². The molecule has 0 heterocycles. The standard InChI is InChI=1S/C11H26Ge/c1-5-6-7-8-9-10-11-12(2,3)4/h5-11H2,1-4H3. The second-order valence-corrected chi connectivity index (χ2v) is 16.9. The van der Waals surface area contributed by atoms with Crippen LogP contribution in [0, 0.1) is 0 Å². The van der Waals surface area contributed by atoms with E-state index in [-0.39, 0.29) is 0 Å². The van der Waals surface area contributed by atoms with E-state index in [0.29, 0.717) is 0 Å². The van der Waals surface area contributed by atoms with Gasteiger partial charge in [0.25, 0.3) is 0 Å². The van der Waals surface area contributed by atoms with E-state index in [1.165, 1.54) is 38.5 Å². The molecule has 0 aliphatic carbocycles. The van der Waals surface area contributed by atoms with Crippen LogP contribution in [0.4, 0.5) is 0 Å². The van der Waals surface area contributed by atoms with Gasteiger partial charge in [0.1, 0.15) is 0 Å². The summed E-state index contributed by atoms with van der Waals surface area (Å²) in [6, 6.07) is 0. The second-order valence-electron chi connectivity index (χ2n) is 5.08. The molecule has 0 aromatic rings. The van der Waals surface area contributed by atoms with Gasteiger partial charge >= 0.3 is 81.2 Å². The fraction of sp³-hybridized carbons (Fsp3) is 1.00. The summed E-state index contributed by atoms with van der Waals surface area (Å²) in [5.74, 6) is 7.56. The zero-order chi connectivity index (χ0) is 9.45. The van der Waals surface area contributed by atoms with Gasteiger partial charge in [0, 0.05) is 0 Å². The first-order valence-corrected chi connectivity index (χ1v) is 13.3. The number of hydrogen-bond acceptors (Lipinski definition) is 0. The number of rotatable bonds is 7. The Morgan fingerprint density at radius 2 is 1.25 bits per heavy atom. The molecule has 0 spiro atoms. The quantitative estimate of drug-likeness (QED) is 0.440. The summed E-state index contributed by atoms with van der Waals surface area (Å²) in [6.07, 6.45) is 8.75. The molecule has 0 saturated heterocycles. The van der Waals surface area contributed by atoms with Gasteiger partial charge in [-0.2, -0.15) is 0 Å². The Bertz CT molecular complexity index is 91.7. The Balaban J connectivity index is 3.01.